The summed E-state index contributed by atoms with van der Waals surface area (Å²) in [6.45, 7) is 5.04. The number of aryl methyl sites for hydroxylation is 1. The predicted octanol–water partition coefficient (Wildman–Crippen LogP) is 1.31. The molecule has 0 aliphatic carbocycles. The van der Waals surface area contributed by atoms with Gasteiger partial charge in [0.25, 0.3) is 0 Å². The summed E-state index contributed by atoms with van der Waals surface area (Å²) in [6, 6.07) is 0. The zero-order chi connectivity index (χ0) is 9.68. The van der Waals surface area contributed by atoms with E-state index in [4.69, 9.17) is 5.73 Å². The summed E-state index contributed by atoms with van der Waals surface area (Å²) in [7, 11) is 0. The fourth-order valence-electron chi connectivity index (χ4n) is 1.05. The molecular formula is C8H16N4S. The zero-order valence-electron chi connectivity index (χ0n) is 8.16. The van der Waals surface area contributed by atoms with Crippen LogP contribution in [0.2, 0.25) is 0 Å². The number of nitrogens with two attached hydrogens (primary N) is 1. The van der Waals surface area contributed by atoms with Crippen LogP contribution in [-0.2, 0) is 6.54 Å². The third-order valence-electron chi connectivity index (χ3n) is 1.88. The molecule has 0 saturated heterocycles. The average Bonchev–Trinajstić information content (AvgIpc) is 2.43. The van der Waals surface area contributed by atoms with E-state index in [1.54, 1.807) is 0 Å². The highest BCUT2D eigenvalue weighted by Crippen LogP contribution is 2.07. The molecule has 13 heavy (non-hydrogen) atoms. The number of nitrogens with zero attached hydrogens (tertiary/aromatic N) is 3. The molecule has 74 valence electrons. The Kier molecular flexibility index (Phi) is 4.08. The molecule has 0 aromatic carbocycles. The van der Waals surface area contributed by atoms with Gasteiger partial charge < -0.3 is 5.73 Å². The molecule has 0 unspecified atom stereocenters. The Labute approximate surface area is 82.9 Å². The Bertz CT molecular complexity index is 259. The van der Waals surface area contributed by atoms with Gasteiger partial charge in [0.2, 0.25) is 0 Å². The molecule has 0 amide bonds. The van der Waals surface area contributed by atoms with Crippen LogP contribution in [0.5, 0.6) is 0 Å². The van der Waals surface area contributed by atoms with E-state index < -0.39 is 0 Å². The second-order valence-electron chi connectivity index (χ2n) is 2.83. The lowest BCUT2D eigenvalue weighted by Crippen LogP contribution is -2.04. The van der Waals surface area contributed by atoms with Crippen LogP contribution in [0.4, 0.5) is 5.82 Å². The number of nitrogen functional groups attached to an aromatic ring is 1. The lowest BCUT2D eigenvalue weighted by atomic mass is 10.4. The van der Waals surface area contributed by atoms with Crippen LogP contribution in [0, 0.1) is 6.92 Å². The first-order valence-electron chi connectivity index (χ1n) is 4.49. The van der Waals surface area contributed by atoms with E-state index in [1.807, 2.05) is 23.4 Å². The zero-order valence-corrected chi connectivity index (χ0v) is 8.97. The minimum atomic E-state index is 0.545. The van der Waals surface area contributed by atoms with Gasteiger partial charge in [0.15, 0.2) is 5.82 Å². The molecule has 0 saturated carbocycles. The number of thioether (sulfide) groups is 1. The molecule has 1 heterocycles. The van der Waals surface area contributed by atoms with Crippen molar-refractivity contribution in [1.82, 2.24) is 15.0 Å². The second kappa shape index (κ2) is 5.11. The van der Waals surface area contributed by atoms with E-state index in [0.717, 1.165) is 18.7 Å². The molecule has 4 nitrogen and oxygen atoms in total. The molecule has 0 fully saturated rings. The van der Waals surface area contributed by atoms with Crippen molar-refractivity contribution < 1.29 is 0 Å². The fourth-order valence-corrected chi connectivity index (χ4v) is 1.67. The number of aromatic nitrogens is 3. The molecule has 5 heteroatoms. The lowest BCUT2D eigenvalue weighted by Gasteiger charge is -2.01. The minimum Gasteiger partial charge on any atom is -0.381 e. The molecule has 2 N–H and O–H groups in total. The number of anilines is 1. The molecule has 0 bridgehead atoms. The van der Waals surface area contributed by atoms with Crippen molar-refractivity contribution in [2.75, 3.05) is 17.2 Å². The van der Waals surface area contributed by atoms with Gasteiger partial charge in [0.1, 0.15) is 0 Å². The Morgan fingerprint density at radius 1 is 1.54 bits per heavy atom. The van der Waals surface area contributed by atoms with Crippen molar-refractivity contribution >= 4 is 17.6 Å². The highest BCUT2D eigenvalue weighted by molar-refractivity contribution is 7.99. The summed E-state index contributed by atoms with van der Waals surface area (Å²) >= 11 is 1.95. The van der Waals surface area contributed by atoms with E-state index >= 15 is 0 Å². The van der Waals surface area contributed by atoms with Gasteiger partial charge in [-0.15, -0.1) is 5.10 Å². The number of hydrogen-bond donors (Lipinski definition) is 1. The normalized spacial score (nSPS) is 10.6. The molecule has 0 aliphatic rings. The summed E-state index contributed by atoms with van der Waals surface area (Å²) in [5, 5.41) is 7.74. The predicted molar refractivity (Wildman–Crippen MR) is 56.8 cm³/mol. The Morgan fingerprint density at radius 2 is 2.31 bits per heavy atom. The van der Waals surface area contributed by atoms with Gasteiger partial charge in [0.05, 0.1) is 5.69 Å². The van der Waals surface area contributed by atoms with Gasteiger partial charge in [0, 0.05) is 6.54 Å². The molecule has 1 rings (SSSR count). The van der Waals surface area contributed by atoms with Gasteiger partial charge in [-0.3, -0.25) is 0 Å². The maximum Gasteiger partial charge on any atom is 0.168 e. The molecule has 0 spiro atoms. The average molecular weight is 200 g/mol. The van der Waals surface area contributed by atoms with Crippen LogP contribution in [-0.4, -0.2) is 26.5 Å². The molecule has 0 radical (unpaired) electrons. The van der Waals surface area contributed by atoms with Crippen LogP contribution >= 0.6 is 11.8 Å². The standard InChI is InChI=1S/C8H16N4S/c1-3-13-6-4-5-12-7(2)8(9)10-11-12/h3-6,9H2,1-2H3. The highest BCUT2D eigenvalue weighted by atomic mass is 32.2. The summed E-state index contributed by atoms with van der Waals surface area (Å²) in [6.07, 6.45) is 1.13. The monoisotopic (exact) mass is 200 g/mol. The highest BCUT2D eigenvalue weighted by Gasteiger charge is 2.03. The van der Waals surface area contributed by atoms with E-state index in [-0.39, 0.29) is 0 Å². The maximum absolute atomic E-state index is 5.57. The van der Waals surface area contributed by atoms with E-state index in [1.165, 1.54) is 11.5 Å². The summed E-state index contributed by atoms with van der Waals surface area (Å²) < 4.78 is 1.87. The summed E-state index contributed by atoms with van der Waals surface area (Å²) in [5.41, 5.74) is 6.54. The second-order valence-corrected chi connectivity index (χ2v) is 4.23. The molecule has 0 aliphatic heterocycles. The summed E-state index contributed by atoms with van der Waals surface area (Å²) in [4.78, 5) is 0. The third kappa shape index (κ3) is 2.91. The van der Waals surface area contributed by atoms with Crippen LogP contribution < -0.4 is 5.73 Å². The third-order valence-corrected chi connectivity index (χ3v) is 2.87. The Morgan fingerprint density at radius 3 is 2.85 bits per heavy atom. The lowest BCUT2D eigenvalue weighted by molar-refractivity contribution is 0.569. The van der Waals surface area contributed by atoms with Gasteiger partial charge in [-0.1, -0.05) is 12.1 Å². The van der Waals surface area contributed by atoms with Gasteiger partial charge in [-0.05, 0) is 24.9 Å². The van der Waals surface area contributed by atoms with Gasteiger partial charge in [-0.2, -0.15) is 11.8 Å². The minimum absolute atomic E-state index is 0.545. The van der Waals surface area contributed by atoms with Crippen LogP contribution in [0.25, 0.3) is 0 Å². The fraction of sp³-hybridized carbons (Fsp3) is 0.750. The van der Waals surface area contributed by atoms with Crippen molar-refractivity contribution in [1.29, 1.82) is 0 Å². The molecular weight excluding hydrogens is 184 g/mol. The van der Waals surface area contributed by atoms with Crippen molar-refractivity contribution in [3.8, 4) is 0 Å². The van der Waals surface area contributed by atoms with Crippen molar-refractivity contribution in [2.24, 2.45) is 0 Å². The summed E-state index contributed by atoms with van der Waals surface area (Å²) in [5.74, 6) is 2.90. The SMILES string of the molecule is CCSCCCn1nnc(N)c1C. The smallest absolute Gasteiger partial charge is 0.168 e. The first-order valence-corrected chi connectivity index (χ1v) is 5.64. The number of hydrogen-bond acceptors (Lipinski definition) is 4. The topological polar surface area (TPSA) is 56.7 Å². The van der Waals surface area contributed by atoms with E-state index in [9.17, 15) is 0 Å². The van der Waals surface area contributed by atoms with Crippen LogP contribution in [0.15, 0.2) is 0 Å². The maximum atomic E-state index is 5.57. The quantitative estimate of drug-likeness (QED) is 0.728. The molecule has 1 aromatic rings. The Hall–Kier alpha value is -0.710. The van der Waals surface area contributed by atoms with E-state index in [0.29, 0.717) is 5.82 Å². The van der Waals surface area contributed by atoms with E-state index in [2.05, 4.69) is 17.2 Å². The van der Waals surface area contributed by atoms with Crippen LogP contribution in [0.3, 0.4) is 0 Å². The van der Waals surface area contributed by atoms with Crippen molar-refractivity contribution in [3.05, 3.63) is 5.69 Å². The van der Waals surface area contributed by atoms with Crippen molar-refractivity contribution in [3.63, 3.8) is 0 Å². The van der Waals surface area contributed by atoms with Gasteiger partial charge in [-0.25, -0.2) is 4.68 Å². The van der Waals surface area contributed by atoms with Crippen LogP contribution in [0.1, 0.15) is 19.0 Å². The van der Waals surface area contributed by atoms with Gasteiger partial charge >= 0.3 is 0 Å². The molecule has 1 aromatic heterocycles. The largest absolute Gasteiger partial charge is 0.381 e. The van der Waals surface area contributed by atoms with Crippen molar-refractivity contribution in [2.45, 2.75) is 26.8 Å². The first kappa shape index (κ1) is 10.4. The molecule has 0 atom stereocenters. The first-order chi connectivity index (χ1) is 6.25. The number of rotatable bonds is 5. The Balaban J connectivity index is 2.32.